The minimum absolute atomic E-state index is 0.0125. The molecule has 4 heteroatoms. The third-order valence-electron chi connectivity index (χ3n) is 3.17. The van der Waals surface area contributed by atoms with E-state index in [1.54, 1.807) is 0 Å². The average molecular weight is 243 g/mol. The number of hydrogen-bond donors (Lipinski definition) is 0. The van der Waals surface area contributed by atoms with Crippen molar-refractivity contribution in [2.24, 2.45) is 5.92 Å². The fourth-order valence-electron chi connectivity index (χ4n) is 2.19. The molecule has 0 bridgehead atoms. The zero-order chi connectivity index (χ0) is 12.5. The van der Waals surface area contributed by atoms with E-state index in [1.807, 2.05) is 13.8 Å². The Morgan fingerprint density at radius 2 is 1.94 bits per heavy atom. The molecule has 0 spiro atoms. The van der Waals surface area contributed by atoms with Gasteiger partial charge in [0.05, 0.1) is 12.5 Å². The van der Waals surface area contributed by atoms with E-state index in [2.05, 4.69) is 4.90 Å². The summed E-state index contributed by atoms with van der Waals surface area (Å²) in [6.07, 6.45) is 2.96. The van der Waals surface area contributed by atoms with Crippen LogP contribution in [0.2, 0.25) is 0 Å². The van der Waals surface area contributed by atoms with Crippen LogP contribution in [0, 0.1) is 5.92 Å². The highest BCUT2D eigenvalue weighted by molar-refractivity contribution is 5.72. The van der Waals surface area contributed by atoms with Gasteiger partial charge in [-0.05, 0) is 46.2 Å². The first-order valence-corrected chi connectivity index (χ1v) is 6.74. The molecular formula is C13H25NO3. The van der Waals surface area contributed by atoms with Crippen molar-refractivity contribution in [1.29, 1.82) is 0 Å². The molecule has 0 radical (unpaired) electrons. The number of piperidine rings is 1. The van der Waals surface area contributed by atoms with Gasteiger partial charge in [-0.3, -0.25) is 4.79 Å². The van der Waals surface area contributed by atoms with E-state index < -0.39 is 0 Å². The minimum Gasteiger partial charge on any atom is -0.466 e. The van der Waals surface area contributed by atoms with Gasteiger partial charge in [0.25, 0.3) is 0 Å². The van der Waals surface area contributed by atoms with Crippen LogP contribution in [0.25, 0.3) is 0 Å². The van der Waals surface area contributed by atoms with Crippen LogP contribution >= 0.6 is 0 Å². The van der Waals surface area contributed by atoms with E-state index in [-0.39, 0.29) is 11.9 Å². The molecule has 0 atom stereocenters. The van der Waals surface area contributed by atoms with Crippen LogP contribution in [0.3, 0.4) is 0 Å². The van der Waals surface area contributed by atoms with Crippen molar-refractivity contribution in [2.75, 3.05) is 39.5 Å². The number of carbonyl (C=O) groups excluding carboxylic acids is 1. The van der Waals surface area contributed by atoms with Gasteiger partial charge in [0.1, 0.15) is 0 Å². The maximum Gasteiger partial charge on any atom is 0.309 e. The second-order valence-electron chi connectivity index (χ2n) is 4.42. The first-order chi connectivity index (χ1) is 8.27. The van der Waals surface area contributed by atoms with Crippen LogP contribution in [0.4, 0.5) is 0 Å². The molecule has 0 unspecified atom stereocenters. The van der Waals surface area contributed by atoms with Gasteiger partial charge in [0, 0.05) is 19.8 Å². The van der Waals surface area contributed by atoms with Gasteiger partial charge in [-0.15, -0.1) is 0 Å². The molecule has 0 amide bonds. The van der Waals surface area contributed by atoms with Crippen LogP contribution in [0.1, 0.15) is 33.1 Å². The number of carbonyl (C=O) groups is 1. The van der Waals surface area contributed by atoms with Crippen LogP contribution in [-0.2, 0) is 14.3 Å². The van der Waals surface area contributed by atoms with Crippen molar-refractivity contribution >= 4 is 5.97 Å². The summed E-state index contributed by atoms with van der Waals surface area (Å²) >= 11 is 0. The normalized spacial score (nSPS) is 18.2. The zero-order valence-corrected chi connectivity index (χ0v) is 11.1. The predicted molar refractivity (Wildman–Crippen MR) is 66.9 cm³/mol. The van der Waals surface area contributed by atoms with Gasteiger partial charge < -0.3 is 14.4 Å². The average Bonchev–Trinajstić information content (AvgIpc) is 2.36. The fourth-order valence-corrected chi connectivity index (χ4v) is 2.19. The van der Waals surface area contributed by atoms with Crippen molar-refractivity contribution in [3.05, 3.63) is 0 Å². The predicted octanol–water partition coefficient (Wildman–Crippen LogP) is 1.69. The van der Waals surface area contributed by atoms with Gasteiger partial charge in [-0.25, -0.2) is 0 Å². The van der Waals surface area contributed by atoms with Crippen molar-refractivity contribution in [3.8, 4) is 0 Å². The van der Waals surface area contributed by atoms with Gasteiger partial charge in [0.15, 0.2) is 0 Å². The molecule has 1 saturated heterocycles. The number of hydrogen-bond acceptors (Lipinski definition) is 4. The second kappa shape index (κ2) is 8.48. The largest absolute Gasteiger partial charge is 0.466 e. The third-order valence-corrected chi connectivity index (χ3v) is 3.17. The molecule has 0 saturated carbocycles. The molecule has 4 nitrogen and oxygen atoms in total. The Kier molecular flexibility index (Phi) is 7.21. The Balaban J connectivity index is 2.11. The number of rotatable bonds is 7. The van der Waals surface area contributed by atoms with Crippen molar-refractivity contribution in [3.63, 3.8) is 0 Å². The SMILES string of the molecule is CCOCCCN1CCC(C(=O)OCC)CC1. The summed E-state index contributed by atoms with van der Waals surface area (Å²) in [5.41, 5.74) is 0. The summed E-state index contributed by atoms with van der Waals surface area (Å²) in [5.74, 6) is 0.111. The lowest BCUT2D eigenvalue weighted by atomic mass is 9.97. The zero-order valence-electron chi connectivity index (χ0n) is 11.1. The Morgan fingerprint density at radius 3 is 2.53 bits per heavy atom. The van der Waals surface area contributed by atoms with Crippen molar-refractivity contribution in [1.82, 2.24) is 4.90 Å². The van der Waals surface area contributed by atoms with Gasteiger partial charge in [-0.2, -0.15) is 0 Å². The summed E-state index contributed by atoms with van der Waals surface area (Å²) < 4.78 is 10.4. The summed E-state index contributed by atoms with van der Waals surface area (Å²) in [6.45, 7) is 9.11. The Labute approximate surface area is 104 Å². The Hall–Kier alpha value is -0.610. The maximum atomic E-state index is 11.5. The molecule has 1 heterocycles. The van der Waals surface area contributed by atoms with Gasteiger partial charge >= 0.3 is 5.97 Å². The van der Waals surface area contributed by atoms with E-state index in [4.69, 9.17) is 9.47 Å². The number of esters is 1. The number of nitrogens with zero attached hydrogens (tertiary/aromatic N) is 1. The van der Waals surface area contributed by atoms with E-state index >= 15 is 0 Å². The van der Waals surface area contributed by atoms with Crippen LogP contribution in [0.15, 0.2) is 0 Å². The fraction of sp³-hybridized carbons (Fsp3) is 0.923. The molecule has 100 valence electrons. The molecule has 1 rings (SSSR count). The molecule has 17 heavy (non-hydrogen) atoms. The van der Waals surface area contributed by atoms with E-state index in [0.29, 0.717) is 6.61 Å². The van der Waals surface area contributed by atoms with E-state index in [9.17, 15) is 4.79 Å². The molecule has 0 N–H and O–H groups in total. The van der Waals surface area contributed by atoms with Crippen molar-refractivity contribution in [2.45, 2.75) is 33.1 Å². The minimum atomic E-state index is -0.0125. The molecule has 0 aliphatic carbocycles. The molecule has 0 aromatic carbocycles. The first kappa shape index (κ1) is 14.5. The highest BCUT2D eigenvalue weighted by atomic mass is 16.5. The van der Waals surface area contributed by atoms with E-state index in [1.165, 1.54) is 0 Å². The number of likely N-dealkylation sites (tertiary alicyclic amines) is 1. The molecule has 1 aliphatic rings. The highest BCUT2D eigenvalue weighted by Crippen LogP contribution is 2.18. The number of ether oxygens (including phenoxy) is 2. The second-order valence-corrected chi connectivity index (χ2v) is 4.42. The molecular weight excluding hydrogens is 218 g/mol. The first-order valence-electron chi connectivity index (χ1n) is 6.74. The lowest BCUT2D eigenvalue weighted by molar-refractivity contribution is -0.149. The Morgan fingerprint density at radius 1 is 1.24 bits per heavy atom. The quantitative estimate of drug-likeness (QED) is 0.504. The van der Waals surface area contributed by atoms with E-state index in [0.717, 1.165) is 52.1 Å². The maximum absolute atomic E-state index is 11.5. The van der Waals surface area contributed by atoms with Crippen LogP contribution < -0.4 is 0 Å². The van der Waals surface area contributed by atoms with Crippen LogP contribution in [-0.4, -0.2) is 50.3 Å². The third kappa shape index (κ3) is 5.50. The Bertz CT molecular complexity index is 213. The summed E-state index contributed by atoms with van der Waals surface area (Å²) in [6, 6.07) is 0. The lowest BCUT2D eigenvalue weighted by Crippen LogP contribution is -2.37. The molecule has 1 fully saturated rings. The molecule has 0 aromatic heterocycles. The van der Waals surface area contributed by atoms with Crippen molar-refractivity contribution < 1.29 is 14.3 Å². The molecule has 0 aromatic rings. The molecule has 1 aliphatic heterocycles. The summed E-state index contributed by atoms with van der Waals surface area (Å²) in [4.78, 5) is 14.0. The topological polar surface area (TPSA) is 38.8 Å². The van der Waals surface area contributed by atoms with Gasteiger partial charge in [-0.1, -0.05) is 0 Å². The lowest BCUT2D eigenvalue weighted by Gasteiger charge is -2.30. The van der Waals surface area contributed by atoms with Gasteiger partial charge in [0.2, 0.25) is 0 Å². The smallest absolute Gasteiger partial charge is 0.309 e. The van der Waals surface area contributed by atoms with Crippen LogP contribution in [0.5, 0.6) is 0 Å². The highest BCUT2D eigenvalue weighted by Gasteiger charge is 2.25. The summed E-state index contributed by atoms with van der Waals surface area (Å²) in [5, 5.41) is 0. The standard InChI is InChI=1S/C13H25NO3/c1-3-16-11-5-8-14-9-6-12(7-10-14)13(15)17-4-2/h12H,3-11H2,1-2H3. The monoisotopic (exact) mass is 243 g/mol. The summed E-state index contributed by atoms with van der Waals surface area (Å²) in [7, 11) is 0.